The monoisotopic (exact) mass is 866 g/mol. The molecule has 0 aliphatic heterocycles. The third kappa shape index (κ3) is 5.44. The number of aromatic nitrogens is 5. The molecular weight excluding hydrogens is 834 g/mol. The Labute approximate surface area is 321 Å². The van der Waals surface area contributed by atoms with E-state index in [1.165, 1.54) is 5.56 Å². The number of fused-ring (bicyclic) bond motifs is 8. The van der Waals surface area contributed by atoms with Crippen LogP contribution in [0.4, 0.5) is 0 Å². The number of rotatable bonds is 5. The topological polar surface area (TPSA) is 49.3 Å². The fourth-order valence-corrected chi connectivity index (χ4v) is 7.39. The Kier molecular flexibility index (Phi) is 7.83. The van der Waals surface area contributed by atoms with Crippen LogP contribution < -0.4 is 4.74 Å². The fraction of sp³-hybridized carbons (Fsp3) is 0.0870. The Morgan fingerprint density at radius 3 is 2.11 bits per heavy atom. The summed E-state index contributed by atoms with van der Waals surface area (Å²) in [6.45, 7) is 6.67. The molecule has 10 rings (SSSR count). The van der Waals surface area contributed by atoms with Crippen LogP contribution in [-0.4, -0.2) is 23.5 Å². The van der Waals surface area contributed by atoms with E-state index >= 15 is 0 Å². The molecule has 0 N–H and O–H groups in total. The Bertz CT molecular complexity index is 2980. The minimum Gasteiger partial charge on any atom is -0.509 e. The molecule has 0 fully saturated rings. The molecule has 4 heterocycles. The Morgan fingerprint density at radius 2 is 1.30 bits per heavy atom. The summed E-state index contributed by atoms with van der Waals surface area (Å²) < 4.78 is 13.3. The first-order chi connectivity index (χ1) is 25.4. The van der Waals surface area contributed by atoms with E-state index in [4.69, 9.17) is 14.7 Å². The van der Waals surface area contributed by atoms with E-state index < -0.39 is 0 Å². The van der Waals surface area contributed by atoms with Crippen LogP contribution in [0.2, 0.25) is 0 Å². The second kappa shape index (κ2) is 12.6. The van der Waals surface area contributed by atoms with E-state index in [1.807, 2.05) is 30.5 Å². The van der Waals surface area contributed by atoms with E-state index in [1.54, 1.807) is 0 Å². The van der Waals surface area contributed by atoms with E-state index in [-0.39, 0.29) is 26.5 Å². The quantitative estimate of drug-likeness (QED) is 0.162. The third-order valence-electron chi connectivity index (χ3n) is 9.90. The minimum atomic E-state index is -0.0223. The van der Waals surface area contributed by atoms with Crippen molar-refractivity contribution in [2.75, 3.05) is 0 Å². The summed E-state index contributed by atoms with van der Waals surface area (Å²) in [6, 6.07) is 55.3. The Hall–Kier alpha value is -5.97. The van der Waals surface area contributed by atoms with Gasteiger partial charge in [0.2, 0.25) is 5.78 Å². The first-order valence-electron chi connectivity index (χ1n) is 17.5. The number of benzene rings is 6. The van der Waals surface area contributed by atoms with Crippen LogP contribution in [0.1, 0.15) is 26.3 Å². The molecule has 0 unspecified atom stereocenters. The summed E-state index contributed by atoms with van der Waals surface area (Å²) in [5.41, 5.74) is 10.2. The molecule has 0 saturated carbocycles. The smallest absolute Gasteiger partial charge is 0.509 e. The molecule has 10 aromatic rings. The van der Waals surface area contributed by atoms with Crippen molar-refractivity contribution in [3.8, 4) is 34.1 Å². The molecule has 0 atom stereocenters. The van der Waals surface area contributed by atoms with Crippen molar-refractivity contribution in [2.24, 2.45) is 0 Å². The Morgan fingerprint density at radius 1 is 0.585 bits per heavy atom. The molecule has 258 valence electrons. The van der Waals surface area contributed by atoms with Gasteiger partial charge in [-0.3, -0.25) is 4.40 Å². The standard InChI is InChI=1S/C46H33N5O.Pt/c1-46(2,3)32-23-24-47-44(27-32)50-39-17-9-7-15-36(39)37-22-21-34(29-43(37)50)52-35-26-31(30-13-5-4-6-14-30)25-33(28-35)49-41-19-11-12-20-42(41)51-40-18-10-8-16-38(40)48-45(49)51;/h4-27H,1-3H3;/q-2;+2. The van der Waals surface area contributed by atoms with Gasteiger partial charge < -0.3 is 13.9 Å². The molecule has 6 nitrogen and oxygen atoms in total. The van der Waals surface area contributed by atoms with Crippen molar-refractivity contribution in [3.05, 3.63) is 163 Å². The predicted molar refractivity (Wildman–Crippen MR) is 210 cm³/mol. The van der Waals surface area contributed by atoms with E-state index in [0.717, 1.165) is 72.3 Å². The molecule has 0 spiro atoms. The molecule has 4 aromatic heterocycles. The largest absolute Gasteiger partial charge is 2.00 e. The van der Waals surface area contributed by atoms with Crippen molar-refractivity contribution in [3.63, 3.8) is 0 Å². The number of hydrogen-bond acceptors (Lipinski definition) is 3. The van der Waals surface area contributed by atoms with E-state index in [0.29, 0.717) is 11.5 Å². The van der Waals surface area contributed by atoms with Crippen LogP contribution in [0, 0.1) is 12.1 Å². The first kappa shape index (κ1) is 32.9. The molecule has 0 amide bonds. The number of para-hydroxylation sites is 5. The number of pyridine rings is 1. The van der Waals surface area contributed by atoms with Crippen LogP contribution in [0.15, 0.2) is 146 Å². The molecule has 0 bridgehead atoms. The van der Waals surface area contributed by atoms with Crippen molar-refractivity contribution in [1.29, 1.82) is 0 Å². The van der Waals surface area contributed by atoms with Crippen LogP contribution in [0.25, 0.3) is 72.3 Å². The maximum atomic E-state index is 6.75. The van der Waals surface area contributed by atoms with Crippen molar-refractivity contribution in [1.82, 2.24) is 23.5 Å². The minimum absolute atomic E-state index is 0. The zero-order valence-electron chi connectivity index (χ0n) is 29.3. The molecule has 0 saturated heterocycles. The SMILES string of the molecule is CC(C)(C)c1ccnc(-n2c3[c-]c(Oc4[c-]c(-n5c6ccccc6n6c7ccccc7nc56)cc(-c5ccccc5)c4)ccc3c3ccccc32)c1.[Pt+2]. The van der Waals surface area contributed by atoms with Gasteiger partial charge in [0.15, 0.2) is 0 Å². The summed E-state index contributed by atoms with van der Waals surface area (Å²) in [5, 5.41) is 2.22. The van der Waals surface area contributed by atoms with Crippen molar-refractivity contribution in [2.45, 2.75) is 26.2 Å². The van der Waals surface area contributed by atoms with Gasteiger partial charge in [-0.05, 0) is 64.4 Å². The molecule has 53 heavy (non-hydrogen) atoms. The summed E-state index contributed by atoms with van der Waals surface area (Å²) in [4.78, 5) is 9.95. The zero-order valence-corrected chi connectivity index (χ0v) is 31.6. The average molecular weight is 867 g/mol. The van der Waals surface area contributed by atoms with Crippen LogP contribution in [0.3, 0.4) is 0 Å². The van der Waals surface area contributed by atoms with Gasteiger partial charge in [0.25, 0.3) is 0 Å². The summed E-state index contributed by atoms with van der Waals surface area (Å²) in [7, 11) is 0. The maximum absolute atomic E-state index is 6.75. The van der Waals surface area contributed by atoms with Gasteiger partial charge in [-0.1, -0.05) is 105 Å². The van der Waals surface area contributed by atoms with Crippen molar-refractivity contribution >= 4 is 49.7 Å². The normalized spacial score (nSPS) is 11.9. The first-order valence-corrected chi connectivity index (χ1v) is 17.5. The van der Waals surface area contributed by atoms with Gasteiger partial charge in [0, 0.05) is 23.2 Å². The second-order valence-electron chi connectivity index (χ2n) is 14.2. The summed E-state index contributed by atoms with van der Waals surface area (Å²) in [5.74, 6) is 2.83. The maximum Gasteiger partial charge on any atom is 2.00 e. The second-order valence-corrected chi connectivity index (χ2v) is 14.2. The van der Waals surface area contributed by atoms with Gasteiger partial charge in [0.05, 0.1) is 22.1 Å². The van der Waals surface area contributed by atoms with Crippen LogP contribution >= 0.6 is 0 Å². The molecule has 6 aromatic carbocycles. The van der Waals surface area contributed by atoms with Gasteiger partial charge in [-0.2, -0.15) is 6.07 Å². The van der Waals surface area contributed by atoms with Crippen LogP contribution in [0.5, 0.6) is 11.5 Å². The summed E-state index contributed by atoms with van der Waals surface area (Å²) in [6.07, 6.45) is 1.90. The van der Waals surface area contributed by atoms with E-state index in [2.05, 4.69) is 162 Å². The van der Waals surface area contributed by atoms with Crippen LogP contribution in [-0.2, 0) is 26.5 Å². The van der Waals surface area contributed by atoms with Gasteiger partial charge >= 0.3 is 21.1 Å². The molecular formula is C46H33N5OPt. The number of imidazole rings is 2. The van der Waals surface area contributed by atoms with Crippen molar-refractivity contribution < 1.29 is 25.8 Å². The number of hydrogen-bond donors (Lipinski definition) is 0. The van der Waals surface area contributed by atoms with Gasteiger partial charge in [0.1, 0.15) is 5.82 Å². The number of ether oxygens (including phenoxy) is 1. The van der Waals surface area contributed by atoms with Gasteiger partial charge in [-0.15, -0.1) is 41.3 Å². The van der Waals surface area contributed by atoms with E-state index in [9.17, 15) is 0 Å². The molecule has 7 heteroatoms. The summed E-state index contributed by atoms with van der Waals surface area (Å²) >= 11 is 0. The van der Waals surface area contributed by atoms with Gasteiger partial charge in [-0.25, -0.2) is 9.97 Å². The molecule has 0 aliphatic rings. The molecule has 0 aliphatic carbocycles. The number of nitrogens with zero attached hydrogens (tertiary/aromatic N) is 5. The Balaban J connectivity index is 0.00000372. The third-order valence-corrected chi connectivity index (χ3v) is 9.90. The average Bonchev–Trinajstić information content (AvgIpc) is 3.81. The molecule has 0 radical (unpaired) electrons. The predicted octanol–water partition coefficient (Wildman–Crippen LogP) is 11.3. The zero-order chi connectivity index (χ0) is 35.0. The fourth-order valence-electron chi connectivity index (χ4n) is 7.39.